The number of hydrogen-bond donors (Lipinski definition) is 0. The van der Waals surface area contributed by atoms with E-state index in [1.54, 1.807) is 12.1 Å². The highest BCUT2D eigenvalue weighted by Crippen LogP contribution is 2.35. The molecule has 6 heteroatoms. The van der Waals surface area contributed by atoms with Crippen molar-refractivity contribution in [3.63, 3.8) is 0 Å². The molecule has 1 aromatic heterocycles. The van der Waals surface area contributed by atoms with Crippen LogP contribution in [0.4, 0.5) is 0 Å². The standard InChI is InChI=1S/C19H13Br2NO2S/c1-12-2-6-15(7-3-12)25(23,24)22-18-10-13(20)4-8-16(18)17-9-5-14(21)11-19(17)22/h2-11H,1H3. The summed E-state index contributed by atoms with van der Waals surface area (Å²) >= 11 is 6.91. The Morgan fingerprint density at radius 2 is 1.24 bits per heavy atom. The Bertz CT molecular complexity index is 1170. The van der Waals surface area contributed by atoms with E-state index in [-0.39, 0.29) is 4.90 Å². The SMILES string of the molecule is Cc1ccc(S(=O)(=O)n2c3cc(Br)ccc3c3ccc(Br)cc32)cc1. The molecule has 0 saturated heterocycles. The second-order valence-corrected chi connectivity index (χ2v) is 9.52. The maximum atomic E-state index is 13.4. The van der Waals surface area contributed by atoms with Crippen LogP contribution in [0.25, 0.3) is 21.8 Å². The molecule has 126 valence electrons. The number of hydrogen-bond acceptors (Lipinski definition) is 2. The van der Waals surface area contributed by atoms with E-state index < -0.39 is 10.0 Å². The molecule has 0 aliphatic carbocycles. The Morgan fingerprint density at radius 3 is 1.72 bits per heavy atom. The molecular weight excluding hydrogens is 466 g/mol. The fraction of sp³-hybridized carbons (Fsp3) is 0.0526. The third kappa shape index (κ3) is 2.72. The molecule has 0 spiro atoms. The van der Waals surface area contributed by atoms with Crippen LogP contribution in [0.5, 0.6) is 0 Å². The van der Waals surface area contributed by atoms with Gasteiger partial charge >= 0.3 is 0 Å². The number of benzene rings is 3. The Hall–Kier alpha value is -1.63. The van der Waals surface area contributed by atoms with Crippen molar-refractivity contribution in [3.8, 4) is 0 Å². The number of aromatic nitrogens is 1. The van der Waals surface area contributed by atoms with Crippen molar-refractivity contribution in [3.05, 3.63) is 75.2 Å². The van der Waals surface area contributed by atoms with Crippen LogP contribution < -0.4 is 0 Å². The molecule has 0 fully saturated rings. The molecule has 4 rings (SSSR count). The summed E-state index contributed by atoms with van der Waals surface area (Å²) < 4.78 is 29.9. The van der Waals surface area contributed by atoms with Crippen molar-refractivity contribution < 1.29 is 8.42 Å². The maximum Gasteiger partial charge on any atom is 0.268 e. The van der Waals surface area contributed by atoms with Crippen molar-refractivity contribution in [1.82, 2.24) is 3.97 Å². The van der Waals surface area contributed by atoms with Crippen LogP contribution in [0.3, 0.4) is 0 Å². The Labute approximate surface area is 162 Å². The quantitative estimate of drug-likeness (QED) is 0.361. The largest absolute Gasteiger partial charge is 0.268 e. The van der Waals surface area contributed by atoms with Gasteiger partial charge in [0, 0.05) is 19.7 Å². The zero-order valence-corrected chi connectivity index (χ0v) is 17.2. The fourth-order valence-corrected chi connectivity index (χ4v) is 5.21. The lowest BCUT2D eigenvalue weighted by molar-refractivity contribution is 0.590. The van der Waals surface area contributed by atoms with E-state index >= 15 is 0 Å². The van der Waals surface area contributed by atoms with E-state index in [9.17, 15) is 8.42 Å². The van der Waals surface area contributed by atoms with Crippen molar-refractivity contribution in [2.45, 2.75) is 11.8 Å². The Kier molecular flexibility index (Phi) is 4.02. The van der Waals surface area contributed by atoms with E-state index in [0.29, 0.717) is 11.0 Å². The molecule has 3 aromatic carbocycles. The lowest BCUT2D eigenvalue weighted by Gasteiger charge is -2.10. The number of rotatable bonds is 2. The van der Waals surface area contributed by atoms with Crippen molar-refractivity contribution in [2.75, 3.05) is 0 Å². The zero-order chi connectivity index (χ0) is 17.8. The van der Waals surface area contributed by atoms with Crippen molar-refractivity contribution in [2.24, 2.45) is 0 Å². The molecule has 0 radical (unpaired) electrons. The van der Waals surface area contributed by atoms with Gasteiger partial charge in [0.05, 0.1) is 15.9 Å². The van der Waals surface area contributed by atoms with Gasteiger partial charge in [-0.25, -0.2) is 12.4 Å². The monoisotopic (exact) mass is 477 g/mol. The molecule has 0 saturated carbocycles. The molecule has 0 atom stereocenters. The summed E-state index contributed by atoms with van der Waals surface area (Å²) in [6.07, 6.45) is 0. The molecule has 0 amide bonds. The first-order valence-corrected chi connectivity index (χ1v) is 10.6. The van der Waals surface area contributed by atoms with Crippen LogP contribution in [-0.2, 0) is 10.0 Å². The Balaban J connectivity index is 2.16. The smallest absolute Gasteiger partial charge is 0.233 e. The van der Waals surface area contributed by atoms with Gasteiger partial charge in [0.25, 0.3) is 10.0 Å². The number of aryl methyl sites for hydroxylation is 1. The van der Waals surface area contributed by atoms with E-state index in [0.717, 1.165) is 25.3 Å². The minimum atomic E-state index is -3.72. The highest BCUT2D eigenvalue weighted by Gasteiger charge is 2.23. The lowest BCUT2D eigenvalue weighted by Crippen LogP contribution is -2.12. The number of halogens is 2. The van der Waals surface area contributed by atoms with Crippen LogP contribution in [0, 0.1) is 6.92 Å². The maximum absolute atomic E-state index is 13.4. The normalized spacial score (nSPS) is 12.1. The van der Waals surface area contributed by atoms with E-state index in [2.05, 4.69) is 31.9 Å². The minimum absolute atomic E-state index is 0.275. The Morgan fingerprint density at radius 1 is 0.760 bits per heavy atom. The summed E-state index contributed by atoms with van der Waals surface area (Å²) in [5, 5.41) is 1.81. The molecule has 0 unspecified atom stereocenters. The zero-order valence-electron chi connectivity index (χ0n) is 13.2. The summed E-state index contributed by atoms with van der Waals surface area (Å²) in [7, 11) is -3.72. The van der Waals surface area contributed by atoms with Crippen LogP contribution in [0.15, 0.2) is 74.5 Å². The summed E-state index contributed by atoms with van der Waals surface area (Å²) in [4.78, 5) is 0.275. The second kappa shape index (κ2) is 5.97. The third-order valence-corrected chi connectivity index (χ3v) is 6.94. The first kappa shape index (κ1) is 16.8. The summed E-state index contributed by atoms with van der Waals surface area (Å²) in [5.41, 5.74) is 2.33. The van der Waals surface area contributed by atoms with Gasteiger partial charge in [0.2, 0.25) is 0 Å². The highest BCUT2D eigenvalue weighted by atomic mass is 79.9. The molecular formula is C19H13Br2NO2S. The minimum Gasteiger partial charge on any atom is -0.233 e. The summed E-state index contributed by atoms with van der Waals surface area (Å²) in [6, 6.07) is 18.3. The summed E-state index contributed by atoms with van der Waals surface area (Å²) in [6.45, 7) is 1.94. The molecule has 4 aromatic rings. The van der Waals surface area contributed by atoms with E-state index in [1.807, 2.05) is 55.5 Å². The highest BCUT2D eigenvalue weighted by molar-refractivity contribution is 9.10. The van der Waals surface area contributed by atoms with Gasteiger partial charge in [0.15, 0.2) is 0 Å². The van der Waals surface area contributed by atoms with E-state index in [4.69, 9.17) is 0 Å². The molecule has 0 aliphatic heterocycles. The van der Waals surface area contributed by atoms with Crippen molar-refractivity contribution in [1.29, 1.82) is 0 Å². The average Bonchev–Trinajstić information content (AvgIpc) is 2.88. The van der Waals surface area contributed by atoms with Gasteiger partial charge in [0.1, 0.15) is 0 Å². The number of nitrogens with zero attached hydrogens (tertiary/aromatic N) is 1. The molecule has 1 heterocycles. The molecule has 0 aliphatic rings. The average molecular weight is 479 g/mol. The molecule has 0 N–H and O–H groups in total. The molecule has 3 nitrogen and oxygen atoms in total. The number of fused-ring (bicyclic) bond motifs is 3. The predicted molar refractivity (Wildman–Crippen MR) is 109 cm³/mol. The van der Waals surface area contributed by atoms with Gasteiger partial charge < -0.3 is 0 Å². The van der Waals surface area contributed by atoms with Gasteiger partial charge in [-0.1, -0.05) is 61.7 Å². The van der Waals surface area contributed by atoms with Gasteiger partial charge in [-0.15, -0.1) is 0 Å². The fourth-order valence-electron chi connectivity index (χ4n) is 3.01. The topological polar surface area (TPSA) is 39.1 Å². The second-order valence-electron chi connectivity index (χ2n) is 5.91. The van der Waals surface area contributed by atoms with Crippen LogP contribution in [-0.4, -0.2) is 12.4 Å². The van der Waals surface area contributed by atoms with Crippen LogP contribution in [0.1, 0.15) is 5.56 Å². The predicted octanol–water partition coefficient (Wildman–Crippen LogP) is 5.86. The summed E-state index contributed by atoms with van der Waals surface area (Å²) in [5.74, 6) is 0. The molecule has 0 bridgehead atoms. The first-order valence-electron chi connectivity index (χ1n) is 7.59. The lowest BCUT2D eigenvalue weighted by atomic mass is 10.2. The van der Waals surface area contributed by atoms with E-state index in [1.165, 1.54) is 3.97 Å². The molecule has 25 heavy (non-hydrogen) atoms. The third-order valence-electron chi connectivity index (χ3n) is 4.21. The van der Waals surface area contributed by atoms with Crippen molar-refractivity contribution >= 4 is 63.7 Å². The van der Waals surface area contributed by atoms with Crippen LogP contribution >= 0.6 is 31.9 Å². The van der Waals surface area contributed by atoms with Crippen LogP contribution in [0.2, 0.25) is 0 Å². The van der Waals surface area contributed by atoms with Gasteiger partial charge in [-0.05, 0) is 43.3 Å². The van der Waals surface area contributed by atoms with Gasteiger partial charge in [-0.2, -0.15) is 0 Å². The first-order chi connectivity index (χ1) is 11.9. The van der Waals surface area contributed by atoms with Gasteiger partial charge in [-0.3, -0.25) is 0 Å².